The number of ether oxygens (including phenoxy) is 1. The summed E-state index contributed by atoms with van der Waals surface area (Å²) >= 11 is 1.87. The third-order valence-electron chi connectivity index (χ3n) is 4.83. The maximum Gasteiger partial charge on any atom is 0.247 e. The first-order valence-electron chi connectivity index (χ1n) is 7.68. The lowest BCUT2D eigenvalue weighted by Gasteiger charge is -2.37. The Kier molecular flexibility index (Phi) is 4.45. The number of sulfonamides is 1. The SMILES string of the molecule is COc1ccc(C)cc1S(=O)(=O)N1[C@H]2CC[C@H]1CC(SC)C2. The van der Waals surface area contributed by atoms with Gasteiger partial charge in [0.2, 0.25) is 10.0 Å². The number of piperidine rings is 1. The van der Waals surface area contributed by atoms with Crippen molar-refractivity contribution in [1.82, 2.24) is 4.31 Å². The molecule has 3 rings (SSSR count). The van der Waals surface area contributed by atoms with Gasteiger partial charge >= 0.3 is 0 Å². The molecule has 22 heavy (non-hydrogen) atoms. The molecule has 0 N–H and O–H groups in total. The van der Waals surface area contributed by atoms with Crippen LogP contribution in [0.2, 0.25) is 0 Å². The van der Waals surface area contributed by atoms with Gasteiger partial charge in [0.15, 0.2) is 0 Å². The maximum absolute atomic E-state index is 13.2. The van der Waals surface area contributed by atoms with Crippen molar-refractivity contribution in [2.45, 2.75) is 54.8 Å². The summed E-state index contributed by atoms with van der Waals surface area (Å²) in [4.78, 5) is 0.314. The zero-order valence-electron chi connectivity index (χ0n) is 13.3. The topological polar surface area (TPSA) is 46.6 Å². The van der Waals surface area contributed by atoms with Crippen molar-refractivity contribution in [3.8, 4) is 5.75 Å². The van der Waals surface area contributed by atoms with Gasteiger partial charge in [-0.1, -0.05) is 6.07 Å². The Balaban J connectivity index is 1.99. The van der Waals surface area contributed by atoms with E-state index in [0.717, 1.165) is 31.2 Å². The average Bonchev–Trinajstić information content (AvgIpc) is 2.79. The molecule has 1 aromatic carbocycles. The lowest BCUT2D eigenvalue weighted by Crippen LogP contribution is -2.47. The molecule has 2 fully saturated rings. The number of hydrogen-bond acceptors (Lipinski definition) is 4. The van der Waals surface area contributed by atoms with Crippen molar-refractivity contribution in [2.75, 3.05) is 13.4 Å². The number of benzene rings is 1. The quantitative estimate of drug-likeness (QED) is 0.844. The van der Waals surface area contributed by atoms with Crippen LogP contribution in [0.4, 0.5) is 0 Å². The highest BCUT2D eigenvalue weighted by atomic mass is 32.2. The number of hydrogen-bond donors (Lipinski definition) is 0. The number of thioether (sulfide) groups is 1. The Labute approximate surface area is 137 Å². The summed E-state index contributed by atoms with van der Waals surface area (Å²) in [5.41, 5.74) is 0.936. The smallest absolute Gasteiger partial charge is 0.247 e. The Bertz CT molecular complexity index is 645. The monoisotopic (exact) mass is 341 g/mol. The van der Waals surface area contributed by atoms with E-state index in [2.05, 4.69) is 6.26 Å². The van der Waals surface area contributed by atoms with Crippen molar-refractivity contribution < 1.29 is 13.2 Å². The lowest BCUT2D eigenvalue weighted by atomic mass is 10.1. The van der Waals surface area contributed by atoms with Gasteiger partial charge in [-0.15, -0.1) is 0 Å². The van der Waals surface area contributed by atoms with Gasteiger partial charge in [0.25, 0.3) is 0 Å². The Hall–Kier alpha value is -0.720. The number of fused-ring (bicyclic) bond motifs is 2. The van der Waals surface area contributed by atoms with Gasteiger partial charge in [0.05, 0.1) is 7.11 Å². The van der Waals surface area contributed by atoms with E-state index in [1.165, 1.54) is 7.11 Å². The normalized spacial score (nSPS) is 28.8. The van der Waals surface area contributed by atoms with Crippen LogP contribution in [-0.4, -0.2) is 43.4 Å². The number of methoxy groups -OCH3 is 1. The first-order valence-corrected chi connectivity index (χ1v) is 10.4. The fraction of sp³-hybridized carbons (Fsp3) is 0.625. The Morgan fingerprint density at radius 2 is 1.86 bits per heavy atom. The van der Waals surface area contributed by atoms with Gasteiger partial charge in [-0.3, -0.25) is 0 Å². The molecule has 0 aromatic heterocycles. The third kappa shape index (κ3) is 2.65. The molecule has 0 amide bonds. The maximum atomic E-state index is 13.2. The number of nitrogens with zero attached hydrogens (tertiary/aromatic N) is 1. The molecule has 2 aliphatic rings. The summed E-state index contributed by atoms with van der Waals surface area (Å²) < 4.78 is 33.5. The Morgan fingerprint density at radius 1 is 1.23 bits per heavy atom. The molecule has 4 nitrogen and oxygen atoms in total. The van der Waals surface area contributed by atoms with Crippen molar-refractivity contribution in [3.05, 3.63) is 23.8 Å². The standard InChI is InChI=1S/C16H23NO3S2/c1-11-4-7-15(20-2)16(8-11)22(18,19)17-12-5-6-13(17)10-14(9-12)21-3/h4,7-8,12-14H,5-6,9-10H2,1-3H3/t12-,13-/m0/s1. The van der Waals surface area contributed by atoms with Gasteiger partial charge in [-0.05, 0) is 56.6 Å². The summed E-state index contributed by atoms with van der Waals surface area (Å²) in [5, 5.41) is 0.586. The average molecular weight is 341 g/mol. The molecule has 122 valence electrons. The summed E-state index contributed by atoms with van der Waals surface area (Å²) in [7, 11) is -1.97. The minimum atomic E-state index is -3.50. The fourth-order valence-electron chi connectivity index (χ4n) is 3.77. The largest absolute Gasteiger partial charge is 0.495 e. The lowest BCUT2D eigenvalue weighted by molar-refractivity contribution is 0.252. The Morgan fingerprint density at radius 3 is 2.41 bits per heavy atom. The first-order chi connectivity index (χ1) is 10.5. The van der Waals surface area contributed by atoms with Gasteiger partial charge in [-0.25, -0.2) is 8.42 Å². The first kappa shape index (κ1) is 16.1. The molecule has 0 saturated carbocycles. The van der Waals surface area contributed by atoms with Gasteiger partial charge < -0.3 is 4.74 Å². The molecule has 1 aromatic rings. The van der Waals surface area contributed by atoms with E-state index in [1.54, 1.807) is 16.4 Å². The predicted molar refractivity (Wildman–Crippen MR) is 90.1 cm³/mol. The molecular weight excluding hydrogens is 318 g/mol. The van der Waals surface area contributed by atoms with Crippen LogP contribution in [-0.2, 0) is 10.0 Å². The van der Waals surface area contributed by atoms with E-state index in [0.29, 0.717) is 15.9 Å². The highest BCUT2D eigenvalue weighted by Crippen LogP contribution is 2.43. The second-order valence-corrected chi connectivity index (χ2v) is 9.15. The van der Waals surface area contributed by atoms with E-state index < -0.39 is 10.0 Å². The van der Waals surface area contributed by atoms with E-state index in [9.17, 15) is 8.42 Å². The molecule has 0 unspecified atom stereocenters. The van der Waals surface area contributed by atoms with Crippen LogP contribution in [0.5, 0.6) is 5.75 Å². The van der Waals surface area contributed by atoms with Crippen LogP contribution in [0.15, 0.2) is 23.1 Å². The molecular formula is C16H23NO3S2. The molecule has 6 heteroatoms. The van der Waals surface area contributed by atoms with Crippen LogP contribution in [0.1, 0.15) is 31.2 Å². The second-order valence-electron chi connectivity index (χ2n) is 6.20. The van der Waals surface area contributed by atoms with Gasteiger partial charge in [0.1, 0.15) is 10.6 Å². The molecule has 0 aliphatic carbocycles. The van der Waals surface area contributed by atoms with Gasteiger partial charge in [0, 0.05) is 17.3 Å². The molecule has 0 radical (unpaired) electrons. The molecule has 2 aliphatic heterocycles. The minimum absolute atomic E-state index is 0.145. The van der Waals surface area contributed by atoms with E-state index in [4.69, 9.17) is 4.74 Å². The van der Waals surface area contributed by atoms with E-state index in [-0.39, 0.29) is 12.1 Å². The van der Waals surface area contributed by atoms with Crippen LogP contribution < -0.4 is 4.74 Å². The molecule has 2 bridgehead atoms. The molecule has 0 spiro atoms. The summed E-state index contributed by atoms with van der Waals surface area (Å²) in [6.45, 7) is 1.91. The zero-order chi connectivity index (χ0) is 15.9. The van der Waals surface area contributed by atoms with Gasteiger partial charge in [-0.2, -0.15) is 16.1 Å². The second kappa shape index (κ2) is 6.06. The summed E-state index contributed by atoms with van der Waals surface area (Å²) in [6, 6.07) is 5.65. The highest BCUT2D eigenvalue weighted by Gasteiger charge is 2.47. The number of rotatable bonds is 4. The van der Waals surface area contributed by atoms with Crippen molar-refractivity contribution in [2.24, 2.45) is 0 Å². The van der Waals surface area contributed by atoms with Crippen LogP contribution in [0.25, 0.3) is 0 Å². The minimum Gasteiger partial charge on any atom is -0.495 e. The number of aryl methyl sites for hydroxylation is 1. The zero-order valence-corrected chi connectivity index (χ0v) is 14.9. The van der Waals surface area contributed by atoms with E-state index in [1.807, 2.05) is 24.8 Å². The summed E-state index contributed by atoms with van der Waals surface area (Å²) in [6.07, 6.45) is 6.01. The highest BCUT2D eigenvalue weighted by molar-refractivity contribution is 7.99. The van der Waals surface area contributed by atoms with Crippen LogP contribution in [0.3, 0.4) is 0 Å². The van der Waals surface area contributed by atoms with Crippen LogP contribution >= 0.6 is 11.8 Å². The predicted octanol–water partition coefficient (Wildman–Crippen LogP) is 3.05. The molecule has 2 atom stereocenters. The van der Waals surface area contributed by atoms with Crippen LogP contribution in [0, 0.1) is 6.92 Å². The van der Waals surface area contributed by atoms with Crippen molar-refractivity contribution in [1.29, 1.82) is 0 Å². The third-order valence-corrected chi connectivity index (χ3v) is 7.91. The van der Waals surface area contributed by atoms with Crippen molar-refractivity contribution >= 4 is 21.8 Å². The molecule has 2 saturated heterocycles. The van der Waals surface area contributed by atoms with E-state index >= 15 is 0 Å². The summed E-state index contributed by atoms with van der Waals surface area (Å²) in [5.74, 6) is 0.442. The fourth-order valence-corrected chi connectivity index (χ4v) is 6.73. The molecule has 2 heterocycles. The van der Waals surface area contributed by atoms with Crippen molar-refractivity contribution in [3.63, 3.8) is 0 Å².